The lowest BCUT2D eigenvalue weighted by Crippen LogP contribution is -2.43. The second-order valence-corrected chi connectivity index (χ2v) is 5.24. The molecule has 1 unspecified atom stereocenters. The number of nitrogens with two attached hydrogens (primary N) is 1. The predicted octanol–water partition coefficient (Wildman–Crippen LogP) is 1.69. The molecule has 8 nitrogen and oxygen atoms in total. The number of nitrogen functional groups attached to an aromatic ring is 1. The van der Waals surface area contributed by atoms with Gasteiger partial charge in [-0.15, -0.1) is 0 Å². The molecule has 2 rings (SSSR count). The fourth-order valence-corrected chi connectivity index (χ4v) is 2.37. The molecule has 8 heteroatoms. The summed E-state index contributed by atoms with van der Waals surface area (Å²) in [6.07, 6.45) is 0.180. The second kappa shape index (κ2) is 7.91. The van der Waals surface area contributed by atoms with E-state index >= 15 is 0 Å². The van der Waals surface area contributed by atoms with Crippen molar-refractivity contribution < 1.29 is 19.2 Å². The van der Waals surface area contributed by atoms with Gasteiger partial charge in [0.2, 0.25) is 0 Å². The Kier molecular flexibility index (Phi) is 5.67. The number of carbonyl (C=O) groups excluding carboxylic acids is 2. The maximum absolute atomic E-state index is 12.5. The van der Waals surface area contributed by atoms with Crippen LogP contribution in [0.3, 0.4) is 0 Å². The Bertz CT molecular complexity index is 792. The van der Waals surface area contributed by atoms with Crippen LogP contribution in [0.1, 0.15) is 15.9 Å². The van der Waals surface area contributed by atoms with Gasteiger partial charge in [0.15, 0.2) is 0 Å². The van der Waals surface area contributed by atoms with E-state index in [0.717, 1.165) is 5.56 Å². The van der Waals surface area contributed by atoms with Gasteiger partial charge in [-0.1, -0.05) is 36.4 Å². The number of hydrogen-bond acceptors (Lipinski definition) is 6. The van der Waals surface area contributed by atoms with E-state index in [1.807, 2.05) is 6.07 Å². The summed E-state index contributed by atoms with van der Waals surface area (Å²) in [6.45, 7) is 0. The van der Waals surface area contributed by atoms with Crippen LogP contribution in [0.5, 0.6) is 0 Å². The molecule has 1 amide bonds. The van der Waals surface area contributed by atoms with Crippen molar-refractivity contribution in [1.82, 2.24) is 5.32 Å². The molecule has 25 heavy (non-hydrogen) atoms. The molecule has 0 aliphatic heterocycles. The summed E-state index contributed by atoms with van der Waals surface area (Å²) < 4.78 is 4.71. The standard InChI is InChI=1S/C17H17N3O5/c1-25-17(22)13(10-11-6-3-2-4-7-11)19-16(21)15-12(18)8-5-9-14(15)20(23)24/h2-9,13H,10,18H2,1H3,(H,19,21). The number of benzene rings is 2. The molecule has 2 aromatic rings. The first-order valence-electron chi connectivity index (χ1n) is 7.39. The van der Waals surface area contributed by atoms with E-state index in [2.05, 4.69) is 5.32 Å². The van der Waals surface area contributed by atoms with Crippen LogP contribution in [0.15, 0.2) is 48.5 Å². The molecule has 0 aliphatic carbocycles. The summed E-state index contributed by atoms with van der Waals surface area (Å²) in [5, 5.41) is 13.6. The Morgan fingerprint density at radius 3 is 2.48 bits per heavy atom. The molecular formula is C17H17N3O5. The fourth-order valence-electron chi connectivity index (χ4n) is 2.37. The SMILES string of the molecule is COC(=O)C(Cc1ccccc1)NC(=O)c1c(N)cccc1[N+](=O)[O-]. The number of methoxy groups -OCH3 is 1. The molecule has 0 radical (unpaired) electrons. The van der Waals surface area contributed by atoms with Crippen LogP contribution in [0, 0.1) is 10.1 Å². The van der Waals surface area contributed by atoms with Gasteiger partial charge < -0.3 is 15.8 Å². The third kappa shape index (κ3) is 4.31. The molecule has 0 spiro atoms. The maximum Gasteiger partial charge on any atom is 0.328 e. The highest BCUT2D eigenvalue weighted by atomic mass is 16.6. The van der Waals surface area contributed by atoms with Gasteiger partial charge in [0.1, 0.15) is 11.6 Å². The van der Waals surface area contributed by atoms with Gasteiger partial charge in [-0.2, -0.15) is 0 Å². The Hall–Kier alpha value is -3.42. The monoisotopic (exact) mass is 343 g/mol. The summed E-state index contributed by atoms with van der Waals surface area (Å²) in [5.41, 5.74) is 5.76. The average molecular weight is 343 g/mol. The molecule has 0 heterocycles. The quantitative estimate of drug-likeness (QED) is 0.356. The van der Waals surface area contributed by atoms with Gasteiger partial charge >= 0.3 is 5.97 Å². The zero-order valence-electron chi connectivity index (χ0n) is 13.5. The molecule has 0 saturated carbocycles. The highest BCUT2D eigenvalue weighted by Gasteiger charge is 2.28. The Balaban J connectivity index is 2.29. The first kappa shape index (κ1) is 17.9. The van der Waals surface area contributed by atoms with Crippen LogP contribution >= 0.6 is 0 Å². The van der Waals surface area contributed by atoms with Crippen molar-refractivity contribution in [1.29, 1.82) is 0 Å². The van der Waals surface area contributed by atoms with Crippen molar-refractivity contribution in [2.24, 2.45) is 0 Å². The van der Waals surface area contributed by atoms with E-state index in [4.69, 9.17) is 10.5 Å². The maximum atomic E-state index is 12.5. The highest BCUT2D eigenvalue weighted by molar-refractivity contribution is 6.04. The highest BCUT2D eigenvalue weighted by Crippen LogP contribution is 2.24. The second-order valence-electron chi connectivity index (χ2n) is 5.24. The summed E-state index contributed by atoms with van der Waals surface area (Å²) in [4.78, 5) is 34.9. The average Bonchev–Trinajstić information content (AvgIpc) is 2.60. The first-order chi connectivity index (χ1) is 11.9. The van der Waals surface area contributed by atoms with Gasteiger partial charge in [0, 0.05) is 12.5 Å². The minimum Gasteiger partial charge on any atom is -0.467 e. The number of nitrogens with zero attached hydrogens (tertiary/aromatic N) is 1. The molecule has 2 aromatic carbocycles. The van der Waals surface area contributed by atoms with Gasteiger partial charge in [-0.05, 0) is 11.6 Å². The molecule has 1 atom stereocenters. The van der Waals surface area contributed by atoms with Crippen LogP contribution in [0.25, 0.3) is 0 Å². The minimum atomic E-state index is -1.00. The molecule has 0 fully saturated rings. The molecule has 0 aliphatic rings. The Labute approximate surface area is 143 Å². The Morgan fingerprint density at radius 1 is 1.20 bits per heavy atom. The van der Waals surface area contributed by atoms with Gasteiger partial charge in [-0.25, -0.2) is 4.79 Å². The predicted molar refractivity (Wildman–Crippen MR) is 90.9 cm³/mol. The fraction of sp³-hybridized carbons (Fsp3) is 0.176. The minimum absolute atomic E-state index is 0.0463. The van der Waals surface area contributed by atoms with Crippen LogP contribution in [-0.2, 0) is 16.0 Å². The van der Waals surface area contributed by atoms with Gasteiger partial charge in [-0.3, -0.25) is 14.9 Å². The zero-order chi connectivity index (χ0) is 18.4. The van der Waals surface area contributed by atoms with Crippen molar-refractivity contribution in [2.45, 2.75) is 12.5 Å². The summed E-state index contributed by atoms with van der Waals surface area (Å²) in [7, 11) is 1.20. The van der Waals surface area contributed by atoms with Gasteiger partial charge in [0.05, 0.1) is 17.7 Å². The van der Waals surface area contributed by atoms with Crippen LogP contribution in [0.4, 0.5) is 11.4 Å². The van der Waals surface area contributed by atoms with E-state index in [1.165, 1.54) is 25.3 Å². The summed E-state index contributed by atoms with van der Waals surface area (Å²) in [5.74, 6) is -1.47. The lowest BCUT2D eigenvalue weighted by molar-refractivity contribution is -0.385. The first-order valence-corrected chi connectivity index (χ1v) is 7.39. The number of nitrogens with one attached hydrogen (secondary N) is 1. The van der Waals surface area contributed by atoms with Gasteiger partial charge in [0.25, 0.3) is 11.6 Å². The summed E-state index contributed by atoms with van der Waals surface area (Å²) in [6, 6.07) is 11.9. The molecular weight excluding hydrogens is 326 g/mol. The number of nitro benzene ring substituents is 1. The lowest BCUT2D eigenvalue weighted by atomic mass is 10.0. The topological polar surface area (TPSA) is 125 Å². The lowest BCUT2D eigenvalue weighted by Gasteiger charge is -2.17. The number of amides is 1. The number of rotatable bonds is 6. The largest absolute Gasteiger partial charge is 0.467 e. The normalized spacial score (nSPS) is 11.4. The molecule has 130 valence electrons. The number of carbonyl (C=O) groups is 2. The Morgan fingerprint density at radius 2 is 1.88 bits per heavy atom. The number of hydrogen-bond donors (Lipinski definition) is 2. The summed E-state index contributed by atoms with van der Waals surface area (Å²) >= 11 is 0. The van der Waals surface area contributed by atoms with Crippen LogP contribution < -0.4 is 11.1 Å². The van der Waals surface area contributed by atoms with Crippen LogP contribution in [0.2, 0.25) is 0 Å². The van der Waals surface area contributed by atoms with Crippen molar-refractivity contribution in [3.8, 4) is 0 Å². The number of anilines is 1. The number of nitro groups is 1. The van der Waals surface area contributed by atoms with E-state index in [9.17, 15) is 19.7 Å². The van der Waals surface area contributed by atoms with E-state index in [-0.39, 0.29) is 17.7 Å². The molecule has 0 aromatic heterocycles. The smallest absolute Gasteiger partial charge is 0.328 e. The van der Waals surface area contributed by atoms with Crippen molar-refractivity contribution in [3.63, 3.8) is 0 Å². The third-order valence-corrected chi connectivity index (χ3v) is 3.57. The number of esters is 1. The van der Waals surface area contributed by atoms with E-state index in [0.29, 0.717) is 0 Å². The molecule has 3 N–H and O–H groups in total. The third-order valence-electron chi connectivity index (χ3n) is 3.57. The van der Waals surface area contributed by atoms with Crippen molar-refractivity contribution in [3.05, 3.63) is 69.8 Å². The molecule has 0 bridgehead atoms. The van der Waals surface area contributed by atoms with E-state index in [1.54, 1.807) is 24.3 Å². The molecule has 0 saturated heterocycles. The van der Waals surface area contributed by atoms with Crippen molar-refractivity contribution >= 4 is 23.3 Å². The van der Waals surface area contributed by atoms with Crippen LogP contribution in [-0.4, -0.2) is 30.0 Å². The van der Waals surface area contributed by atoms with E-state index < -0.39 is 28.5 Å². The number of ether oxygens (including phenoxy) is 1. The zero-order valence-corrected chi connectivity index (χ0v) is 13.5. The van der Waals surface area contributed by atoms with Crippen molar-refractivity contribution in [2.75, 3.05) is 12.8 Å².